The average Bonchev–Trinajstić information content (AvgIpc) is 1.89. The zero-order chi connectivity index (χ0) is 6.69. The molecule has 0 unspecified atom stereocenters. The van der Waals surface area contributed by atoms with E-state index in [1.54, 1.807) is 19.2 Å². The van der Waals surface area contributed by atoms with Crippen molar-refractivity contribution in [2.45, 2.75) is 6.92 Å². The molecule has 0 fully saturated rings. The van der Waals surface area contributed by atoms with Crippen LogP contribution in [0, 0.1) is 24.3 Å². The highest BCUT2D eigenvalue weighted by Gasteiger charge is 1.92. The summed E-state index contributed by atoms with van der Waals surface area (Å²) in [5, 5.41) is 8.41. The minimum Gasteiger partial charge on any atom is -0.260 e. The monoisotopic (exact) mass is 117 g/mol. The van der Waals surface area contributed by atoms with Crippen molar-refractivity contribution in [3.8, 4) is 6.07 Å². The lowest BCUT2D eigenvalue weighted by Gasteiger charge is -1.89. The maximum atomic E-state index is 8.41. The quantitative estimate of drug-likeness (QED) is 0.509. The number of nitrogens with zero attached hydrogens (tertiary/aromatic N) is 2. The van der Waals surface area contributed by atoms with E-state index in [4.69, 9.17) is 5.26 Å². The number of aromatic nitrogens is 1. The average molecular weight is 117 g/mol. The van der Waals surface area contributed by atoms with Crippen LogP contribution < -0.4 is 0 Å². The number of nitriles is 1. The second-order valence-corrected chi connectivity index (χ2v) is 1.68. The maximum Gasteiger partial charge on any atom is 0.101 e. The summed E-state index contributed by atoms with van der Waals surface area (Å²) in [6, 6.07) is 6.35. The van der Waals surface area contributed by atoms with Crippen LogP contribution in [0.5, 0.6) is 0 Å². The summed E-state index contributed by atoms with van der Waals surface area (Å²) in [5.41, 5.74) is 1.36. The summed E-state index contributed by atoms with van der Waals surface area (Å²) in [4.78, 5) is 3.87. The molecule has 9 heavy (non-hydrogen) atoms. The number of hydrogen-bond acceptors (Lipinski definition) is 2. The third kappa shape index (κ3) is 1.06. The zero-order valence-corrected chi connectivity index (χ0v) is 5.05. The van der Waals surface area contributed by atoms with Gasteiger partial charge in [0.1, 0.15) is 6.07 Å². The topological polar surface area (TPSA) is 36.7 Å². The highest BCUT2D eigenvalue weighted by atomic mass is 14.7. The summed E-state index contributed by atoms with van der Waals surface area (Å²) < 4.78 is 0. The Morgan fingerprint density at radius 2 is 2.56 bits per heavy atom. The van der Waals surface area contributed by atoms with Gasteiger partial charge in [-0.15, -0.1) is 0 Å². The Morgan fingerprint density at radius 1 is 1.78 bits per heavy atom. The van der Waals surface area contributed by atoms with E-state index in [-0.39, 0.29) is 0 Å². The molecule has 1 aromatic rings. The molecule has 1 rings (SSSR count). The van der Waals surface area contributed by atoms with Crippen molar-refractivity contribution in [2.24, 2.45) is 0 Å². The van der Waals surface area contributed by atoms with Gasteiger partial charge in [-0.2, -0.15) is 5.26 Å². The SMILES string of the molecule is Cc1nc[c]cc1C#N. The molecule has 0 aliphatic carbocycles. The van der Waals surface area contributed by atoms with E-state index in [1.165, 1.54) is 0 Å². The molecule has 0 bridgehead atoms. The molecular weight excluding hydrogens is 112 g/mol. The molecule has 0 aliphatic heterocycles. The van der Waals surface area contributed by atoms with Crippen LogP contribution in [0.15, 0.2) is 12.3 Å². The van der Waals surface area contributed by atoms with Crippen molar-refractivity contribution in [1.82, 2.24) is 4.98 Å². The standard InChI is InChI=1S/C7H5N2/c1-6-7(5-8)3-2-4-9-6/h3-4H,1H3. The van der Waals surface area contributed by atoms with Gasteiger partial charge in [0, 0.05) is 12.3 Å². The Kier molecular flexibility index (Phi) is 1.46. The molecule has 1 heterocycles. The third-order valence-electron chi connectivity index (χ3n) is 1.07. The molecule has 43 valence electrons. The smallest absolute Gasteiger partial charge is 0.101 e. The van der Waals surface area contributed by atoms with Gasteiger partial charge in [0.15, 0.2) is 0 Å². The Labute approximate surface area is 53.8 Å². The Hall–Kier alpha value is -1.36. The van der Waals surface area contributed by atoms with Crippen LogP contribution in [-0.2, 0) is 0 Å². The van der Waals surface area contributed by atoms with Crippen molar-refractivity contribution in [3.63, 3.8) is 0 Å². The number of rotatable bonds is 0. The van der Waals surface area contributed by atoms with Crippen LogP contribution in [0.1, 0.15) is 11.3 Å². The first-order chi connectivity index (χ1) is 4.34. The van der Waals surface area contributed by atoms with Gasteiger partial charge in [-0.25, -0.2) is 0 Å². The predicted molar refractivity (Wildman–Crippen MR) is 32.5 cm³/mol. The summed E-state index contributed by atoms with van der Waals surface area (Å²) in [6.45, 7) is 1.80. The van der Waals surface area contributed by atoms with Crippen LogP contribution in [0.25, 0.3) is 0 Å². The molecule has 1 aromatic heterocycles. The maximum absolute atomic E-state index is 8.41. The molecule has 0 aromatic carbocycles. The lowest BCUT2D eigenvalue weighted by Crippen LogP contribution is -1.83. The molecule has 2 heteroatoms. The highest BCUT2D eigenvalue weighted by Crippen LogP contribution is 1.98. The number of aryl methyl sites for hydroxylation is 1. The van der Waals surface area contributed by atoms with Crippen LogP contribution in [0.3, 0.4) is 0 Å². The van der Waals surface area contributed by atoms with E-state index < -0.39 is 0 Å². The molecule has 0 saturated heterocycles. The van der Waals surface area contributed by atoms with Gasteiger partial charge in [0.2, 0.25) is 0 Å². The van der Waals surface area contributed by atoms with E-state index in [0.717, 1.165) is 5.69 Å². The first-order valence-electron chi connectivity index (χ1n) is 2.57. The second kappa shape index (κ2) is 2.27. The van der Waals surface area contributed by atoms with E-state index in [2.05, 4.69) is 11.1 Å². The molecule has 0 aliphatic rings. The van der Waals surface area contributed by atoms with Gasteiger partial charge in [0.05, 0.1) is 11.3 Å². The predicted octanol–water partition coefficient (Wildman–Crippen LogP) is 1.06. The van der Waals surface area contributed by atoms with E-state index >= 15 is 0 Å². The van der Waals surface area contributed by atoms with Gasteiger partial charge in [-0.3, -0.25) is 4.98 Å². The lowest BCUT2D eigenvalue weighted by molar-refractivity contribution is 1.18. The molecule has 2 nitrogen and oxygen atoms in total. The van der Waals surface area contributed by atoms with Crippen LogP contribution in [0.4, 0.5) is 0 Å². The minimum absolute atomic E-state index is 0.595. The lowest BCUT2D eigenvalue weighted by atomic mass is 10.2. The van der Waals surface area contributed by atoms with Crippen molar-refractivity contribution < 1.29 is 0 Å². The van der Waals surface area contributed by atoms with Crippen molar-refractivity contribution >= 4 is 0 Å². The van der Waals surface area contributed by atoms with E-state index in [1.807, 2.05) is 6.07 Å². The second-order valence-electron chi connectivity index (χ2n) is 1.68. The summed E-state index contributed by atoms with van der Waals surface area (Å²) in [6.07, 6.45) is 1.55. The minimum atomic E-state index is 0.595. The summed E-state index contributed by atoms with van der Waals surface area (Å²) in [7, 11) is 0. The fourth-order valence-corrected chi connectivity index (χ4v) is 0.542. The van der Waals surface area contributed by atoms with Crippen molar-refractivity contribution in [2.75, 3.05) is 0 Å². The van der Waals surface area contributed by atoms with Crippen LogP contribution >= 0.6 is 0 Å². The molecule has 1 radical (unpaired) electrons. The van der Waals surface area contributed by atoms with Crippen molar-refractivity contribution in [1.29, 1.82) is 5.26 Å². The van der Waals surface area contributed by atoms with E-state index in [0.29, 0.717) is 5.56 Å². The molecule has 0 saturated carbocycles. The molecule has 0 N–H and O–H groups in total. The van der Waals surface area contributed by atoms with Gasteiger partial charge >= 0.3 is 0 Å². The normalized spacial score (nSPS) is 8.44. The van der Waals surface area contributed by atoms with Crippen molar-refractivity contribution in [3.05, 3.63) is 29.6 Å². The molecular formula is C7H5N2. The van der Waals surface area contributed by atoms with Crippen LogP contribution in [-0.4, -0.2) is 4.98 Å². The molecule has 0 spiro atoms. The largest absolute Gasteiger partial charge is 0.260 e. The zero-order valence-electron chi connectivity index (χ0n) is 5.05. The van der Waals surface area contributed by atoms with Gasteiger partial charge in [-0.05, 0) is 13.0 Å². The van der Waals surface area contributed by atoms with Gasteiger partial charge in [-0.1, -0.05) is 0 Å². The highest BCUT2D eigenvalue weighted by molar-refractivity contribution is 5.30. The Bertz CT molecular complexity index is 247. The fraction of sp³-hybridized carbons (Fsp3) is 0.143. The third-order valence-corrected chi connectivity index (χ3v) is 1.07. The van der Waals surface area contributed by atoms with E-state index in [9.17, 15) is 0 Å². The summed E-state index contributed by atoms with van der Waals surface area (Å²) in [5.74, 6) is 0. The number of pyridine rings is 1. The fourth-order valence-electron chi connectivity index (χ4n) is 0.542. The van der Waals surface area contributed by atoms with Gasteiger partial charge in [0.25, 0.3) is 0 Å². The van der Waals surface area contributed by atoms with Crippen LogP contribution in [0.2, 0.25) is 0 Å². The Balaban J connectivity index is 3.20. The number of hydrogen-bond donors (Lipinski definition) is 0. The molecule has 0 atom stereocenters. The Morgan fingerprint density at radius 3 is 3.00 bits per heavy atom. The molecule has 0 amide bonds. The van der Waals surface area contributed by atoms with Gasteiger partial charge < -0.3 is 0 Å². The first-order valence-corrected chi connectivity index (χ1v) is 2.57. The first kappa shape index (κ1) is 5.77. The summed E-state index contributed by atoms with van der Waals surface area (Å²) >= 11 is 0.